The SMILES string of the molecule is CCc1ccc(-c2ccc(Cl)c(C(F)(F)F)c2)cc1C1C(=O)[C@@H]2[C@H](C1=O)[C@@]1(C)CC[C@]2(C)O1. The van der Waals surface area contributed by atoms with E-state index in [-0.39, 0.29) is 16.6 Å². The Kier molecular flexibility index (Phi) is 4.90. The van der Waals surface area contributed by atoms with Gasteiger partial charge in [0.2, 0.25) is 0 Å². The number of carbonyl (C=O) groups excluding carboxylic acids is 2. The number of carbonyl (C=O) groups is 2. The van der Waals surface area contributed by atoms with Crippen molar-refractivity contribution in [3.05, 3.63) is 58.1 Å². The van der Waals surface area contributed by atoms with E-state index in [1.54, 1.807) is 18.2 Å². The van der Waals surface area contributed by atoms with Gasteiger partial charge >= 0.3 is 6.18 Å². The Balaban J connectivity index is 1.60. The fraction of sp³-hybridized carbons (Fsp3) is 0.462. The average molecular weight is 477 g/mol. The standard InChI is InChI=1S/C26H24ClF3O3/c1-4-13-5-6-14(15-7-8-18(27)17(12-15)26(28,29)30)11-16(13)19-22(31)20-21(23(19)32)25(3)10-9-24(20,2)33-25/h5-8,11-12,19-21H,4,9-10H2,1-3H3/t19?,20-,21+,24-,25+. The van der Waals surface area contributed by atoms with Crippen LogP contribution in [-0.4, -0.2) is 22.8 Å². The number of ether oxygens (including phenoxy) is 1. The molecule has 2 heterocycles. The maximum Gasteiger partial charge on any atom is 0.417 e. The Labute approximate surface area is 195 Å². The first-order chi connectivity index (χ1) is 15.4. The summed E-state index contributed by atoms with van der Waals surface area (Å²) >= 11 is 5.78. The van der Waals surface area contributed by atoms with Gasteiger partial charge in [-0.15, -0.1) is 0 Å². The predicted molar refractivity (Wildman–Crippen MR) is 118 cm³/mol. The molecule has 2 saturated heterocycles. The van der Waals surface area contributed by atoms with Crippen molar-refractivity contribution >= 4 is 23.2 Å². The quantitative estimate of drug-likeness (QED) is 0.481. The Bertz CT molecular complexity index is 1160. The number of Topliss-reactive ketones (excluding diaryl/α,β-unsaturated/α-hetero) is 2. The molecule has 33 heavy (non-hydrogen) atoms. The van der Waals surface area contributed by atoms with Crippen molar-refractivity contribution < 1.29 is 27.5 Å². The zero-order valence-electron chi connectivity index (χ0n) is 18.6. The molecule has 7 heteroatoms. The van der Waals surface area contributed by atoms with E-state index in [1.165, 1.54) is 12.1 Å². The largest absolute Gasteiger partial charge is 0.417 e. The molecule has 2 aliphatic heterocycles. The van der Waals surface area contributed by atoms with Crippen LogP contribution in [0.4, 0.5) is 13.2 Å². The Morgan fingerprint density at radius 1 is 0.970 bits per heavy atom. The molecule has 1 saturated carbocycles. The van der Waals surface area contributed by atoms with Crippen LogP contribution in [0.3, 0.4) is 0 Å². The molecule has 174 valence electrons. The first-order valence-electron chi connectivity index (χ1n) is 11.2. The van der Waals surface area contributed by atoms with E-state index in [0.717, 1.165) is 24.5 Å². The zero-order valence-corrected chi connectivity index (χ0v) is 19.3. The second-order valence-corrected chi connectivity index (χ2v) is 10.3. The summed E-state index contributed by atoms with van der Waals surface area (Å²) in [4.78, 5) is 27.2. The summed E-state index contributed by atoms with van der Waals surface area (Å²) in [5.41, 5.74) is 0.0916. The number of halogens is 4. The van der Waals surface area contributed by atoms with E-state index in [4.69, 9.17) is 16.3 Å². The molecule has 5 rings (SSSR count). The lowest BCUT2D eigenvalue weighted by Gasteiger charge is -2.28. The molecule has 1 aliphatic carbocycles. The molecule has 0 spiro atoms. The molecule has 3 fully saturated rings. The molecule has 2 aromatic carbocycles. The van der Waals surface area contributed by atoms with Crippen LogP contribution in [0.5, 0.6) is 0 Å². The van der Waals surface area contributed by atoms with Crippen LogP contribution in [0.2, 0.25) is 5.02 Å². The third-order valence-corrected chi connectivity index (χ3v) is 8.19. The van der Waals surface area contributed by atoms with Crippen molar-refractivity contribution in [2.24, 2.45) is 11.8 Å². The number of benzene rings is 2. The highest BCUT2D eigenvalue weighted by Crippen LogP contribution is 2.63. The third kappa shape index (κ3) is 3.21. The number of aryl methyl sites for hydroxylation is 1. The predicted octanol–water partition coefficient (Wildman–Crippen LogP) is 6.40. The monoisotopic (exact) mass is 476 g/mol. The average Bonchev–Trinajstić information content (AvgIpc) is 3.30. The highest BCUT2D eigenvalue weighted by atomic mass is 35.5. The number of ketones is 2. The smallest absolute Gasteiger partial charge is 0.368 e. The summed E-state index contributed by atoms with van der Waals surface area (Å²) in [6, 6.07) is 8.99. The first-order valence-corrected chi connectivity index (χ1v) is 11.5. The Hall–Kier alpha value is -2.18. The van der Waals surface area contributed by atoms with Crippen molar-refractivity contribution in [1.82, 2.24) is 0 Å². The maximum absolute atomic E-state index is 13.6. The van der Waals surface area contributed by atoms with Crippen LogP contribution in [0.15, 0.2) is 36.4 Å². The van der Waals surface area contributed by atoms with E-state index in [0.29, 0.717) is 23.1 Å². The lowest BCUT2D eigenvalue weighted by Crippen LogP contribution is -2.40. The summed E-state index contributed by atoms with van der Waals surface area (Å²) in [6.45, 7) is 5.77. The van der Waals surface area contributed by atoms with Gasteiger partial charge in [-0.3, -0.25) is 9.59 Å². The van der Waals surface area contributed by atoms with E-state index in [2.05, 4.69) is 0 Å². The Morgan fingerprint density at radius 3 is 2.06 bits per heavy atom. The Morgan fingerprint density at radius 2 is 1.52 bits per heavy atom. The lowest BCUT2D eigenvalue weighted by molar-refractivity contribution is -0.137. The third-order valence-electron chi connectivity index (χ3n) is 7.86. The fourth-order valence-electron chi connectivity index (χ4n) is 6.30. The minimum absolute atomic E-state index is 0.130. The zero-order chi connectivity index (χ0) is 23.9. The molecule has 0 radical (unpaired) electrons. The molecule has 3 aliphatic rings. The summed E-state index contributed by atoms with van der Waals surface area (Å²) in [7, 11) is 0. The van der Waals surface area contributed by atoms with Crippen molar-refractivity contribution in [3.63, 3.8) is 0 Å². The molecule has 1 unspecified atom stereocenters. The topological polar surface area (TPSA) is 43.4 Å². The van der Waals surface area contributed by atoms with Crippen LogP contribution in [0.25, 0.3) is 11.1 Å². The molecular formula is C26H24ClF3O3. The summed E-state index contributed by atoms with van der Waals surface area (Å²) < 4.78 is 46.3. The van der Waals surface area contributed by atoms with Crippen molar-refractivity contribution in [1.29, 1.82) is 0 Å². The number of alkyl halides is 3. The number of hydrogen-bond donors (Lipinski definition) is 0. The van der Waals surface area contributed by atoms with E-state index in [1.807, 2.05) is 20.8 Å². The van der Waals surface area contributed by atoms with Crippen LogP contribution >= 0.6 is 11.6 Å². The van der Waals surface area contributed by atoms with E-state index in [9.17, 15) is 22.8 Å². The molecule has 2 aromatic rings. The number of hydrogen-bond acceptors (Lipinski definition) is 3. The number of rotatable bonds is 3. The van der Waals surface area contributed by atoms with Gasteiger partial charge in [0.1, 0.15) is 5.92 Å². The van der Waals surface area contributed by atoms with Gasteiger partial charge in [-0.25, -0.2) is 0 Å². The molecule has 0 N–H and O–H groups in total. The molecular weight excluding hydrogens is 453 g/mol. The van der Waals surface area contributed by atoms with Gasteiger partial charge in [-0.05, 0) is 73.6 Å². The van der Waals surface area contributed by atoms with Crippen LogP contribution in [0, 0.1) is 11.8 Å². The molecule has 2 bridgehead atoms. The van der Waals surface area contributed by atoms with E-state index < -0.39 is 40.7 Å². The van der Waals surface area contributed by atoms with Crippen LogP contribution < -0.4 is 0 Å². The fourth-order valence-corrected chi connectivity index (χ4v) is 6.52. The van der Waals surface area contributed by atoms with Crippen LogP contribution in [0.1, 0.15) is 56.2 Å². The molecule has 5 atom stereocenters. The van der Waals surface area contributed by atoms with Gasteiger partial charge in [0, 0.05) is 0 Å². The van der Waals surface area contributed by atoms with E-state index >= 15 is 0 Å². The second kappa shape index (κ2) is 7.16. The molecule has 0 amide bonds. The van der Waals surface area contributed by atoms with Gasteiger partial charge < -0.3 is 4.74 Å². The van der Waals surface area contributed by atoms with Crippen molar-refractivity contribution in [2.75, 3.05) is 0 Å². The minimum Gasteiger partial charge on any atom is -0.368 e. The van der Waals surface area contributed by atoms with Gasteiger partial charge in [0.05, 0.1) is 33.6 Å². The highest BCUT2D eigenvalue weighted by Gasteiger charge is 2.72. The molecule has 3 nitrogen and oxygen atoms in total. The summed E-state index contributed by atoms with van der Waals surface area (Å²) in [5.74, 6) is -2.13. The first kappa shape index (κ1) is 22.6. The maximum atomic E-state index is 13.6. The van der Waals surface area contributed by atoms with Crippen LogP contribution in [-0.2, 0) is 26.9 Å². The highest BCUT2D eigenvalue weighted by molar-refractivity contribution is 6.31. The van der Waals surface area contributed by atoms with Gasteiger partial charge in [-0.2, -0.15) is 13.2 Å². The summed E-state index contributed by atoms with van der Waals surface area (Å²) in [6.07, 6.45) is -2.51. The van der Waals surface area contributed by atoms with Crippen molar-refractivity contribution in [2.45, 2.75) is 63.3 Å². The lowest BCUT2D eigenvalue weighted by atomic mass is 9.69. The molecule has 0 aromatic heterocycles. The van der Waals surface area contributed by atoms with Gasteiger partial charge in [0.15, 0.2) is 11.6 Å². The van der Waals surface area contributed by atoms with Crippen molar-refractivity contribution in [3.8, 4) is 11.1 Å². The summed E-state index contributed by atoms with van der Waals surface area (Å²) in [5, 5.41) is -0.373. The second-order valence-electron chi connectivity index (χ2n) is 9.88. The normalized spacial score (nSPS) is 33.1. The van der Waals surface area contributed by atoms with Gasteiger partial charge in [-0.1, -0.05) is 36.7 Å². The number of fused-ring (bicyclic) bond motifs is 5. The minimum atomic E-state index is -4.59. The van der Waals surface area contributed by atoms with Gasteiger partial charge in [0.25, 0.3) is 0 Å².